The Morgan fingerprint density at radius 3 is 2.59 bits per heavy atom. The second kappa shape index (κ2) is 7.78. The van der Waals surface area contributed by atoms with Gasteiger partial charge in [0.1, 0.15) is 11.6 Å². The smallest absolute Gasteiger partial charge is 0.410 e. The number of hydrogen-bond acceptors (Lipinski definition) is 5. The van der Waals surface area contributed by atoms with Crippen molar-refractivity contribution in [3.8, 4) is 0 Å². The van der Waals surface area contributed by atoms with E-state index in [1.165, 1.54) is 0 Å². The highest BCUT2D eigenvalue weighted by molar-refractivity contribution is 5.73. The molecule has 3 unspecified atom stereocenters. The Kier molecular flexibility index (Phi) is 6.62. The van der Waals surface area contributed by atoms with Gasteiger partial charge in [-0.15, -0.1) is 0 Å². The number of hydrogen-bond donors (Lipinski definition) is 3. The van der Waals surface area contributed by atoms with Gasteiger partial charge < -0.3 is 25.6 Å². The fourth-order valence-corrected chi connectivity index (χ4v) is 2.54. The fourth-order valence-electron chi connectivity index (χ4n) is 2.54. The Labute approximate surface area is 131 Å². The SMILES string of the molecule is CC(C)(C)OC(=O)N1CCCC(CCC(O)C(N)C(=O)O)C1. The zero-order valence-corrected chi connectivity index (χ0v) is 13.6. The first-order chi connectivity index (χ1) is 10.1. The van der Waals surface area contributed by atoms with Gasteiger partial charge in [0.15, 0.2) is 0 Å². The Bertz CT molecular complexity index is 394. The van der Waals surface area contributed by atoms with Gasteiger partial charge in [-0.25, -0.2) is 4.79 Å². The molecule has 4 N–H and O–H groups in total. The quantitative estimate of drug-likeness (QED) is 0.702. The summed E-state index contributed by atoms with van der Waals surface area (Å²) in [7, 11) is 0. The van der Waals surface area contributed by atoms with Gasteiger partial charge in [-0.1, -0.05) is 0 Å². The van der Waals surface area contributed by atoms with E-state index in [0.29, 0.717) is 25.9 Å². The number of likely N-dealkylation sites (tertiary alicyclic amines) is 1. The van der Waals surface area contributed by atoms with E-state index in [4.69, 9.17) is 15.6 Å². The molecule has 0 bridgehead atoms. The van der Waals surface area contributed by atoms with E-state index in [1.807, 2.05) is 20.8 Å². The number of carbonyl (C=O) groups excluding carboxylic acids is 1. The number of aliphatic carboxylic acids is 1. The van der Waals surface area contributed by atoms with Crippen LogP contribution in [-0.4, -0.2) is 58.0 Å². The zero-order valence-electron chi connectivity index (χ0n) is 13.6. The number of carboxylic acids is 1. The Balaban J connectivity index is 2.43. The van der Waals surface area contributed by atoms with Gasteiger partial charge in [-0.3, -0.25) is 4.79 Å². The molecule has 1 aliphatic rings. The van der Waals surface area contributed by atoms with Crippen LogP contribution in [0.5, 0.6) is 0 Å². The molecule has 7 nitrogen and oxygen atoms in total. The summed E-state index contributed by atoms with van der Waals surface area (Å²) >= 11 is 0. The van der Waals surface area contributed by atoms with E-state index in [9.17, 15) is 14.7 Å². The van der Waals surface area contributed by atoms with E-state index in [2.05, 4.69) is 0 Å². The number of carboxylic acid groups (broad SMARTS) is 1. The minimum Gasteiger partial charge on any atom is -0.480 e. The molecule has 0 spiro atoms. The molecule has 22 heavy (non-hydrogen) atoms. The van der Waals surface area contributed by atoms with Crippen LogP contribution < -0.4 is 5.73 Å². The second-order valence-corrected chi connectivity index (χ2v) is 6.94. The van der Waals surface area contributed by atoms with Crippen LogP contribution in [0.15, 0.2) is 0 Å². The first-order valence-electron chi connectivity index (χ1n) is 7.74. The third-order valence-corrected chi connectivity index (χ3v) is 3.74. The topological polar surface area (TPSA) is 113 Å². The van der Waals surface area contributed by atoms with Crippen LogP contribution in [0.1, 0.15) is 46.5 Å². The number of carbonyl (C=O) groups is 2. The first-order valence-corrected chi connectivity index (χ1v) is 7.74. The number of nitrogens with two attached hydrogens (primary N) is 1. The van der Waals surface area contributed by atoms with Crippen molar-refractivity contribution in [1.29, 1.82) is 0 Å². The molecule has 1 fully saturated rings. The van der Waals surface area contributed by atoms with E-state index < -0.39 is 23.7 Å². The van der Waals surface area contributed by atoms with Crippen LogP contribution >= 0.6 is 0 Å². The average Bonchev–Trinajstić information content (AvgIpc) is 2.42. The molecule has 1 amide bonds. The maximum atomic E-state index is 12.1. The Morgan fingerprint density at radius 1 is 1.41 bits per heavy atom. The van der Waals surface area contributed by atoms with Crippen molar-refractivity contribution in [3.63, 3.8) is 0 Å². The van der Waals surface area contributed by atoms with E-state index in [0.717, 1.165) is 12.8 Å². The molecule has 0 aromatic carbocycles. The number of aliphatic hydroxyl groups is 1. The molecule has 1 rings (SSSR count). The van der Waals surface area contributed by atoms with Crippen molar-refractivity contribution in [2.75, 3.05) is 13.1 Å². The van der Waals surface area contributed by atoms with Crippen LogP contribution in [0.2, 0.25) is 0 Å². The maximum Gasteiger partial charge on any atom is 0.410 e. The monoisotopic (exact) mass is 316 g/mol. The highest BCUT2D eigenvalue weighted by Gasteiger charge is 2.29. The van der Waals surface area contributed by atoms with Crippen molar-refractivity contribution in [2.45, 2.75) is 64.2 Å². The van der Waals surface area contributed by atoms with Crippen LogP contribution in [-0.2, 0) is 9.53 Å². The maximum absolute atomic E-state index is 12.1. The van der Waals surface area contributed by atoms with Gasteiger partial charge >= 0.3 is 12.1 Å². The molecular formula is C15H28N2O5. The van der Waals surface area contributed by atoms with Gasteiger partial charge in [0.2, 0.25) is 0 Å². The Morgan fingerprint density at radius 2 is 2.05 bits per heavy atom. The molecule has 1 aliphatic heterocycles. The molecule has 7 heteroatoms. The molecule has 0 aromatic heterocycles. The van der Waals surface area contributed by atoms with E-state index >= 15 is 0 Å². The van der Waals surface area contributed by atoms with Gasteiger partial charge in [-0.05, 0) is 52.4 Å². The molecule has 0 aromatic rings. The lowest BCUT2D eigenvalue weighted by Crippen LogP contribution is -2.44. The minimum absolute atomic E-state index is 0.233. The third-order valence-electron chi connectivity index (χ3n) is 3.74. The lowest BCUT2D eigenvalue weighted by Gasteiger charge is -2.34. The van der Waals surface area contributed by atoms with Crippen molar-refractivity contribution >= 4 is 12.1 Å². The molecule has 0 radical (unpaired) electrons. The summed E-state index contributed by atoms with van der Waals surface area (Å²) in [5.74, 6) is -0.969. The summed E-state index contributed by atoms with van der Waals surface area (Å²) in [6.07, 6.45) is 1.41. The molecule has 0 aliphatic carbocycles. The van der Waals surface area contributed by atoms with Gasteiger partial charge in [-0.2, -0.15) is 0 Å². The molecule has 128 valence electrons. The molecule has 1 heterocycles. The average molecular weight is 316 g/mol. The van der Waals surface area contributed by atoms with Crippen molar-refractivity contribution in [1.82, 2.24) is 4.90 Å². The highest BCUT2D eigenvalue weighted by Crippen LogP contribution is 2.23. The van der Waals surface area contributed by atoms with Crippen molar-refractivity contribution in [3.05, 3.63) is 0 Å². The number of ether oxygens (including phenoxy) is 1. The second-order valence-electron chi connectivity index (χ2n) is 6.94. The summed E-state index contributed by atoms with van der Waals surface area (Å²) in [5.41, 5.74) is 4.87. The molecule has 3 atom stereocenters. The number of amides is 1. The summed E-state index contributed by atoms with van der Waals surface area (Å²) in [5, 5.41) is 18.5. The summed E-state index contributed by atoms with van der Waals surface area (Å²) < 4.78 is 5.36. The minimum atomic E-state index is -1.26. The van der Waals surface area contributed by atoms with Crippen LogP contribution in [0, 0.1) is 5.92 Å². The first kappa shape index (κ1) is 18.7. The lowest BCUT2D eigenvalue weighted by atomic mass is 9.91. The van der Waals surface area contributed by atoms with Crippen molar-refractivity contribution in [2.24, 2.45) is 11.7 Å². The Hall–Kier alpha value is -1.34. The van der Waals surface area contributed by atoms with E-state index in [1.54, 1.807) is 4.90 Å². The van der Waals surface area contributed by atoms with Crippen LogP contribution in [0.4, 0.5) is 4.79 Å². The largest absolute Gasteiger partial charge is 0.480 e. The zero-order chi connectivity index (χ0) is 16.9. The molecular weight excluding hydrogens is 288 g/mol. The predicted octanol–water partition coefficient (Wildman–Crippen LogP) is 1.19. The van der Waals surface area contributed by atoms with Crippen LogP contribution in [0.25, 0.3) is 0 Å². The van der Waals surface area contributed by atoms with Gasteiger partial charge in [0.05, 0.1) is 6.10 Å². The lowest BCUT2D eigenvalue weighted by molar-refractivity contribution is -0.141. The van der Waals surface area contributed by atoms with Crippen LogP contribution in [0.3, 0.4) is 0 Å². The number of piperidine rings is 1. The molecule has 0 saturated carbocycles. The van der Waals surface area contributed by atoms with Gasteiger partial charge in [0.25, 0.3) is 0 Å². The highest BCUT2D eigenvalue weighted by atomic mass is 16.6. The number of rotatable bonds is 5. The predicted molar refractivity (Wildman–Crippen MR) is 81.4 cm³/mol. The standard InChI is InChI=1S/C15H28N2O5/c1-15(2,3)22-14(21)17-8-4-5-10(9-17)6-7-11(18)12(16)13(19)20/h10-12,18H,4-9,16H2,1-3H3,(H,19,20). The number of nitrogens with zero attached hydrogens (tertiary/aromatic N) is 1. The summed E-state index contributed by atoms with van der Waals surface area (Å²) in [6.45, 7) is 6.73. The normalized spacial score (nSPS) is 22.0. The number of aliphatic hydroxyl groups excluding tert-OH is 1. The third kappa shape index (κ3) is 6.19. The fraction of sp³-hybridized carbons (Fsp3) is 0.867. The summed E-state index contributed by atoms with van der Waals surface area (Å²) in [6, 6.07) is -1.26. The summed E-state index contributed by atoms with van der Waals surface area (Å²) in [4.78, 5) is 24.4. The molecule has 1 saturated heterocycles. The van der Waals surface area contributed by atoms with Crippen molar-refractivity contribution < 1.29 is 24.5 Å². The van der Waals surface area contributed by atoms with Gasteiger partial charge in [0, 0.05) is 13.1 Å². The van der Waals surface area contributed by atoms with E-state index in [-0.39, 0.29) is 12.0 Å².